The number of carboxylic acids is 1. The van der Waals surface area contributed by atoms with Crippen molar-refractivity contribution in [3.8, 4) is 11.3 Å². The van der Waals surface area contributed by atoms with Crippen molar-refractivity contribution in [2.45, 2.75) is 19.4 Å². The third-order valence-corrected chi connectivity index (χ3v) is 4.76. The summed E-state index contributed by atoms with van der Waals surface area (Å²) in [5, 5.41) is 13.1. The minimum atomic E-state index is -1.02. The van der Waals surface area contributed by atoms with Crippen molar-refractivity contribution >= 4 is 29.1 Å². The molecule has 0 atom stereocenters. The number of para-hydroxylation sites is 1. The van der Waals surface area contributed by atoms with Gasteiger partial charge in [0.05, 0.1) is 21.8 Å². The summed E-state index contributed by atoms with van der Waals surface area (Å²) in [7, 11) is 0. The number of nitrogens with zero attached hydrogens (tertiary/aromatic N) is 2. The topological polar surface area (TPSA) is 87.7 Å². The number of fused-ring (bicyclic) bond motifs is 1. The summed E-state index contributed by atoms with van der Waals surface area (Å²) in [6.45, 7) is 3.96. The highest BCUT2D eigenvalue weighted by Crippen LogP contribution is 2.39. The van der Waals surface area contributed by atoms with Gasteiger partial charge in [-0.15, -0.1) is 0 Å². The SMILES string of the molecule is CC1(C)N=C(c2nc(-c3ccccc3C(=O)O)co2)Nc2c(Cl)cccc21. The second-order valence-electron chi connectivity index (χ2n) is 6.70. The Morgan fingerprint density at radius 3 is 2.74 bits per heavy atom. The molecule has 6 nitrogen and oxygen atoms in total. The van der Waals surface area contributed by atoms with Crippen LogP contribution in [0.2, 0.25) is 5.02 Å². The van der Waals surface area contributed by atoms with Crippen LogP contribution in [0.5, 0.6) is 0 Å². The Bertz CT molecular complexity index is 1090. The monoisotopic (exact) mass is 381 g/mol. The zero-order valence-corrected chi connectivity index (χ0v) is 15.4. The largest absolute Gasteiger partial charge is 0.478 e. The molecule has 1 aliphatic rings. The molecule has 136 valence electrons. The van der Waals surface area contributed by atoms with E-state index in [0.717, 1.165) is 11.3 Å². The van der Waals surface area contributed by atoms with Gasteiger partial charge in [0.15, 0.2) is 5.84 Å². The van der Waals surface area contributed by atoms with Crippen LogP contribution < -0.4 is 5.32 Å². The molecule has 0 fully saturated rings. The van der Waals surface area contributed by atoms with E-state index in [1.165, 1.54) is 12.3 Å². The molecule has 1 aliphatic heterocycles. The zero-order valence-electron chi connectivity index (χ0n) is 14.7. The number of anilines is 1. The van der Waals surface area contributed by atoms with E-state index < -0.39 is 11.5 Å². The van der Waals surface area contributed by atoms with Gasteiger partial charge < -0.3 is 14.8 Å². The van der Waals surface area contributed by atoms with E-state index >= 15 is 0 Å². The summed E-state index contributed by atoms with van der Waals surface area (Å²) < 4.78 is 5.60. The van der Waals surface area contributed by atoms with Gasteiger partial charge in [-0.3, -0.25) is 4.99 Å². The first kappa shape index (κ1) is 17.3. The van der Waals surface area contributed by atoms with Crippen molar-refractivity contribution in [1.82, 2.24) is 4.98 Å². The van der Waals surface area contributed by atoms with Gasteiger partial charge >= 0.3 is 5.97 Å². The number of benzene rings is 2. The van der Waals surface area contributed by atoms with Gasteiger partial charge in [-0.1, -0.05) is 41.9 Å². The van der Waals surface area contributed by atoms with Gasteiger partial charge in [0.2, 0.25) is 0 Å². The molecule has 0 aliphatic carbocycles. The van der Waals surface area contributed by atoms with Crippen LogP contribution in [-0.4, -0.2) is 21.9 Å². The van der Waals surface area contributed by atoms with Gasteiger partial charge in [0.1, 0.15) is 12.0 Å². The Kier molecular flexibility index (Phi) is 4.00. The number of nitrogens with one attached hydrogen (secondary N) is 1. The van der Waals surface area contributed by atoms with Crippen molar-refractivity contribution in [2.75, 3.05) is 5.32 Å². The molecule has 0 bridgehead atoms. The molecule has 2 aromatic carbocycles. The molecule has 7 heteroatoms. The first-order valence-corrected chi connectivity index (χ1v) is 8.69. The van der Waals surface area contributed by atoms with Crippen LogP contribution in [0.15, 0.2) is 58.1 Å². The molecule has 0 saturated carbocycles. The molecule has 4 rings (SSSR count). The number of aromatic carboxylic acids is 1. The zero-order chi connectivity index (χ0) is 19.2. The number of carboxylic acid groups (broad SMARTS) is 1. The molecule has 0 spiro atoms. The lowest BCUT2D eigenvalue weighted by Gasteiger charge is -2.30. The summed E-state index contributed by atoms with van der Waals surface area (Å²) in [4.78, 5) is 20.6. The third kappa shape index (κ3) is 2.98. The Balaban J connectivity index is 1.76. The quantitative estimate of drug-likeness (QED) is 0.680. The second kappa shape index (κ2) is 6.25. The van der Waals surface area contributed by atoms with E-state index in [1.54, 1.807) is 24.3 Å². The number of aromatic nitrogens is 1. The Labute approximate surface area is 160 Å². The molecule has 1 aromatic heterocycles. The molecule has 2 N–H and O–H groups in total. The van der Waals surface area contributed by atoms with Crippen LogP contribution in [-0.2, 0) is 5.54 Å². The van der Waals surface area contributed by atoms with E-state index in [-0.39, 0.29) is 11.5 Å². The van der Waals surface area contributed by atoms with Crippen molar-refractivity contribution < 1.29 is 14.3 Å². The highest BCUT2D eigenvalue weighted by Gasteiger charge is 2.31. The van der Waals surface area contributed by atoms with Crippen LogP contribution in [0.25, 0.3) is 11.3 Å². The second-order valence-corrected chi connectivity index (χ2v) is 7.10. The van der Waals surface area contributed by atoms with E-state index in [2.05, 4.69) is 10.3 Å². The number of aliphatic imine (C=N–C) groups is 1. The molecule has 0 unspecified atom stereocenters. The lowest BCUT2D eigenvalue weighted by molar-refractivity contribution is 0.0697. The maximum atomic E-state index is 11.5. The van der Waals surface area contributed by atoms with Gasteiger partial charge in [0, 0.05) is 11.1 Å². The van der Waals surface area contributed by atoms with E-state index in [4.69, 9.17) is 21.0 Å². The molecule has 2 heterocycles. The minimum absolute atomic E-state index is 0.157. The Morgan fingerprint density at radius 1 is 1.19 bits per heavy atom. The minimum Gasteiger partial charge on any atom is -0.478 e. The van der Waals surface area contributed by atoms with Crippen LogP contribution in [0, 0.1) is 0 Å². The number of oxazole rings is 1. The molecular formula is C20H16ClN3O3. The van der Waals surface area contributed by atoms with Crippen LogP contribution >= 0.6 is 11.6 Å². The normalized spacial score (nSPS) is 14.9. The number of rotatable bonds is 3. The fourth-order valence-electron chi connectivity index (χ4n) is 3.15. The average Bonchev–Trinajstić information content (AvgIpc) is 3.12. The number of hydrogen-bond acceptors (Lipinski definition) is 5. The summed E-state index contributed by atoms with van der Waals surface area (Å²) in [6, 6.07) is 12.3. The van der Waals surface area contributed by atoms with Crippen LogP contribution in [0.4, 0.5) is 5.69 Å². The number of halogens is 1. The number of hydrogen-bond donors (Lipinski definition) is 2. The first-order valence-electron chi connectivity index (χ1n) is 8.31. The van der Waals surface area contributed by atoms with Gasteiger partial charge in [0.25, 0.3) is 5.89 Å². The van der Waals surface area contributed by atoms with Crippen molar-refractivity contribution in [1.29, 1.82) is 0 Å². The van der Waals surface area contributed by atoms with E-state index in [1.807, 2.05) is 26.0 Å². The predicted octanol–water partition coefficient (Wildman–Crippen LogP) is 4.80. The Hall–Kier alpha value is -3.12. The Morgan fingerprint density at radius 2 is 1.96 bits per heavy atom. The summed E-state index contributed by atoms with van der Waals surface area (Å²) in [5.74, 6) is -0.311. The van der Waals surface area contributed by atoms with Crippen LogP contribution in [0.1, 0.15) is 35.7 Å². The fourth-order valence-corrected chi connectivity index (χ4v) is 3.37. The van der Waals surface area contributed by atoms with Crippen molar-refractivity contribution in [2.24, 2.45) is 4.99 Å². The van der Waals surface area contributed by atoms with Crippen molar-refractivity contribution in [3.05, 3.63) is 70.8 Å². The molecule has 0 saturated heterocycles. The lowest BCUT2D eigenvalue weighted by Crippen LogP contribution is -2.29. The van der Waals surface area contributed by atoms with Crippen LogP contribution in [0.3, 0.4) is 0 Å². The molecule has 0 amide bonds. The van der Waals surface area contributed by atoms with Gasteiger partial charge in [-0.05, 0) is 26.0 Å². The molecule has 3 aromatic rings. The van der Waals surface area contributed by atoms with Gasteiger partial charge in [-0.2, -0.15) is 0 Å². The van der Waals surface area contributed by atoms with Crippen molar-refractivity contribution in [3.63, 3.8) is 0 Å². The summed E-state index contributed by atoms with van der Waals surface area (Å²) >= 11 is 6.35. The number of amidine groups is 1. The highest BCUT2D eigenvalue weighted by atomic mass is 35.5. The first-order chi connectivity index (χ1) is 12.9. The standard InChI is InChI=1S/C20H16ClN3O3/c1-20(2)13-8-5-9-14(21)16(13)23-17(24-20)18-22-15(10-27-18)11-6-3-4-7-12(11)19(25)26/h3-10H,1-2H3,(H,23,24)(H,25,26). The summed E-state index contributed by atoms with van der Waals surface area (Å²) in [5.41, 5.74) is 2.28. The average molecular weight is 382 g/mol. The maximum absolute atomic E-state index is 11.5. The summed E-state index contributed by atoms with van der Waals surface area (Å²) in [6.07, 6.45) is 1.43. The van der Waals surface area contributed by atoms with Gasteiger partial charge in [-0.25, -0.2) is 9.78 Å². The molecule has 0 radical (unpaired) electrons. The third-order valence-electron chi connectivity index (χ3n) is 4.45. The maximum Gasteiger partial charge on any atom is 0.336 e. The number of carbonyl (C=O) groups is 1. The predicted molar refractivity (Wildman–Crippen MR) is 104 cm³/mol. The highest BCUT2D eigenvalue weighted by molar-refractivity contribution is 6.34. The van der Waals surface area contributed by atoms with E-state index in [9.17, 15) is 9.90 Å². The lowest BCUT2D eigenvalue weighted by atomic mass is 9.91. The fraction of sp³-hybridized carbons (Fsp3) is 0.150. The molecule has 27 heavy (non-hydrogen) atoms. The van der Waals surface area contributed by atoms with E-state index in [0.29, 0.717) is 22.1 Å². The molecular weight excluding hydrogens is 366 g/mol. The smallest absolute Gasteiger partial charge is 0.336 e.